The first-order chi connectivity index (χ1) is 9.61. The molecule has 2 unspecified atom stereocenters. The van der Waals surface area contributed by atoms with E-state index >= 15 is 0 Å². The van der Waals surface area contributed by atoms with Gasteiger partial charge in [0.2, 0.25) is 5.91 Å². The van der Waals surface area contributed by atoms with Crippen LogP contribution in [-0.2, 0) is 9.53 Å². The quantitative estimate of drug-likeness (QED) is 0.805. The monoisotopic (exact) mass is 276 g/mol. The minimum atomic E-state index is -0.429. The zero-order chi connectivity index (χ0) is 14.5. The summed E-state index contributed by atoms with van der Waals surface area (Å²) in [4.78, 5) is 12.1. The Balaban J connectivity index is 2.11. The van der Waals surface area contributed by atoms with E-state index in [4.69, 9.17) is 10.5 Å². The first kappa shape index (κ1) is 14.5. The molecule has 3 N–H and O–H groups in total. The summed E-state index contributed by atoms with van der Waals surface area (Å²) in [5.74, 6) is 4.52. The number of benzene rings is 1. The van der Waals surface area contributed by atoms with Gasteiger partial charge in [0, 0.05) is 12.3 Å². The van der Waals surface area contributed by atoms with Gasteiger partial charge >= 0.3 is 0 Å². The van der Waals surface area contributed by atoms with Gasteiger partial charge in [-0.3, -0.25) is 4.79 Å². The van der Waals surface area contributed by atoms with Crippen molar-refractivity contribution in [2.75, 3.05) is 18.5 Å². The number of hydrogen-bond donors (Lipinski definition) is 2. The van der Waals surface area contributed by atoms with E-state index in [1.807, 2.05) is 6.92 Å². The number of nitrogens with two attached hydrogens (primary N) is 1. The van der Waals surface area contributed by atoms with Gasteiger partial charge in [-0.15, -0.1) is 0 Å². The summed E-state index contributed by atoms with van der Waals surface area (Å²) in [6.45, 7) is 2.63. The van der Waals surface area contributed by atoms with Crippen molar-refractivity contribution in [2.24, 2.45) is 11.7 Å². The van der Waals surface area contributed by atoms with Gasteiger partial charge < -0.3 is 15.8 Å². The largest absolute Gasteiger partial charge is 0.378 e. The normalized spacial score (nSPS) is 21.1. The SMILES string of the molecule is CC1OCCC1C(=O)Nc1ccc(F)c(C#CCN)c1. The highest BCUT2D eigenvalue weighted by Gasteiger charge is 2.30. The summed E-state index contributed by atoms with van der Waals surface area (Å²) in [7, 11) is 0. The molecule has 1 aliphatic heterocycles. The summed E-state index contributed by atoms with van der Waals surface area (Å²) in [6, 6.07) is 4.31. The van der Waals surface area contributed by atoms with Crippen LogP contribution in [0.3, 0.4) is 0 Å². The number of hydrogen-bond acceptors (Lipinski definition) is 3. The molecule has 1 aromatic carbocycles. The molecule has 1 heterocycles. The predicted octanol–water partition coefficient (Wildman–Crippen LogP) is 1.50. The lowest BCUT2D eigenvalue weighted by Crippen LogP contribution is -2.27. The Bertz CT molecular complexity index is 563. The first-order valence-corrected chi connectivity index (χ1v) is 6.52. The fourth-order valence-corrected chi connectivity index (χ4v) is 2.16. The van der Waals surface area contributed by atoms with Gasteiger partial charge in [0.25, 0.3) is 0 Å². The first-order valence-electron chi connectivity index (χ1n) is 6.52. The number of carbonyl (C=O) groups excluding carboxylic acids is 1. The topological polar surface area (TPSA) is 64.3 Å². The van der Waals surface area contributed by atoms with Gasteiger partial charge in [-0.25, -0.2) is 4.39 Å². The van der Waals surface area contributed by atoms with E-state index in [2.05, 4.69) is 17.2 Å². The lowest BCUT2D eigenvalue weighted by molar-refractivity contribution is -0.121. The third-order valence-electron chi connectivity index (χ3n) is 3.27. The predicted molar refractivity (Wildman–Crippen MR) is 74.5 cm³/mol. The molecular weight excluding hydrogens is 259 g/mol. The van der Waals surface area contributed by atoms with Gasteiger partial charge in [0.1, 0.15) is 5.82 Å². The maximum Gasteiger partial charge on any atom is 0.230 e. The molecule has 4 nitrogen and oxygen atoms in total. The van der Waals surface area contributed by atoms with Crippen LogP contribution >= 0.6 is 0 Å². The van der Waals surface area contributed by atoms with E-state index in [-0.39, 0.29) is 30.0 Å². The Hall–Kier alpha value is -1.90. The van der Waals surface area contributed by atoms with Gasteiger partial charge in [0.05, 0.1) is 24.1 Å². The third kappa shape index (κ3) is 3.35. The molecule has 0 aliphatic carbocycles. The molecule has 0 bridgehead atoms. The highest BCUT2D eigenvalue weighted by atomic mass is 19.1. The molecule has 2 atom stereocenters. The fourth-order valence-electron chi connectivity index (χ4n) is 2.16. The number of carbonyl (C=O) groups is 1. The van der Waals surface area contributed by atoms with E-state index in [1.54, 1.807) is 0 Å². The van der Waals surface area contributed by atoms with Crippen molar-refractivity contribution in [1.82, 2.24) is 0 Å². The van der Waals surface area contributed by atoms with Crippen molar-refractivity contribution < 1.29 is 13.9 Å². The van der Waals surface area contributed by atoms with Crippen LogP contribution in [0.1, 0.15) is 18.9 Å². The van der Waals surface area contributed by atoms with Gasteiger partial charge in [-0.1, -0.05) is 11.8 Å². The maximum atomic E-state index is 13.5. The molecule has 0 radical (unpaired) electrons. The lowest BCUT2D eigenvalue weighted by Gasteiger charge is -2.14. The lowest BCUT2D eigenvalue weighted by atomic mass is 10.0. The van der Waals surface area contributed by atoms with Crippen molar-refractivity contribution in [3.8, 4) is 11.8 Å². The van der Waals surface area contributed by atoms with Gasteiger partial charge in [-0.05, 0) is 31.5 Å². The van der Waals surface area contributed by atoms with Crippen LogP contribution in [0.2, 0.25) is 0 Å². The summed E-state index contributed by atoms with van der Waals surface area (Å²) >= 11 is 0. The fraction of sp³-hybridized carbons (Fsp3) is 0.400. The summed E-state index contributed by atoms with van der Waals surface area (Å²) in [5.41, 5.74) is 6.01. The van der Waals surface area contributed by atoms with E-state index in [0.29, 0.717) is 18.7 Å². The standard InChI is InChI=1S/C15H17FN2O2/c1-10-13(6-8-20-10)15(19)18-12-4-5-14(16)11(9-12)3-2-7-17/h4-5,9-10,13H,6-8,17H2,1H3,(H,18,19). The second-order valence-corrected chi connectivity index (χ2v) is 4.66. The van der Waals surface area contributed by atoms with Crippen LogP contribution in [0.4, 0.5) is 10.1 Å². The molecule has 20 heavy (non-hydrogen) atoms. The zero-order valence-electron chi connectivity index (χ0n) is 11.3. The van der Waals surface area contributed by atoms with Gasteiger partial charge in [-0.2, -0.15) is 0 Å². The molecule has 1 amide bonds. The molecule has 5 heteroatoms. The Morgan fingerprint density at radius 3 is 3.05 bits per heavy atom. The smallest absolute Gasteiger partial charge is 0.230 e. The maximum absolute atomic E-state index is 13.5. The molecule has 1 aliphatic rings. The van der Waals surface area contributed by atoms with E-state index in [9.17, 15) is 9.18 Å². The van der Waals surface area contributed by atoms with Crippen LogP contribution in [0.15, 0.2) is 18.2 Å². The Labute approximate surface area is 117 Å². The van der Waals surface area contributed by atoms with Crippen LogP contribution in [0, 0.1) is 23.6 Å². The van der Waals surface area contributed by atoms with Gasteiger partial charge in [0.15, 0.2) is 0 Å². The van der Waals surface area contributed by atoms with Crippen LogP contribution < -0.4 is 11.1 Å². The number of nitrogens with one attached hydrogen (secondary N) is 1. The number of anilines is 1. The average Bonchev–Trinajstić information content (AvgIpc) is 2.85. The molecule has 1 aromatic rings. The van der Waals surface area contributed by atoms with E-state index in [0.717, 1.165) is 0 Å². The molecule has 0 saturated carbocycles. The summed E-state index contributed by atoms with van der Waals surface area (Å²) < 4.78 is 18.9. The minimum Gasteiger partial charge on any atom is -0.378 e. The van der Waals surface area contributed by atoms with Crippen molar-refractivity contribution >= 4 is 11.6 Å². The molecule has 2 rings (SSSR count). The molecular formula is C15H17FN2O2. The molecule has 106 valence electrons. The number of amides is 1. The summed E-state index contributed by atoms with van der Waals surface area (Å²) in [6.07, 6.45) is 0.612. The highest BCUT2D eigenvalue weighted by molar-refractivity contribution is 5.93. The highest BCUT2D eigenvalue weighted by Crippen LogP contribution is 2.23. The van der Waals surface area contributed by atoms with Crippen LogP contribution in [-0.4, -0.2) is 25.2 Å². The average molecular weight is 276 g/mol. The number of halogens is 1. The van der Waals surface area contributed by atoms with Crippen LogP contribution in [0.5, 0.6) is 0 Å². The van der Waals surface area contributed by atoms with E-state index < -0.39 is 5.82 Å². The van der Waals surface area contributed by atoms with Crippen molar-refractivity contribution in [1.29, 1.82) is 0 Å². The zero-order valence-corrected chi connectivity index (χ0v) is 11.3. The second kappa shape index (κ2) is 6.51. The second-order valence-electron chi connectivity index (χ2n) is 4.66. The third-order valence-corrected chi connectivity index (χ3v) is 3.27. The number of ether oxygens (including phenoxy) is 1. The van der Waals surface area contributed by atoms with Crippen molar-refractivity contribution in [2.45, 2.75) is 19.4 Å². The Morgan fingerprint density at radius 2 is 2.40 bits per heavy atom. The van der Waals surface area contributed by atoms with Crippen molar-refractivity contribution in [3.05, 3.63) is 29.6 Å². The Kier molecular flexibility index (Phi) is 4.72. The van der Waals surface area contributed by atoms with Crippen molar-refractivity contribution in [3.63, 3.8) is 0 Å². The van der Waals surface area contributed by atoms with E-state index in [1.165, 1.54) is 18.2 Å². The molecule has 0 spiro atoms. The molecule has 1 fully saturated rings. The minimum absolute atomic E-state index is 0.0908. The molecule has 0 aromatic heterocycles. The summed E-state index contributed by atoms with van der Waals surface area (Å²) in [5, 5.41) is 2.77. The Morgan fingerprint density at radius 1 is 1.60 bits per heavy atom. The molecule has 1 saturated heterocycles. The number of rotatable bonds is 2. The van der Waals surface area contributed by atoms with Crippen LogP contribution in [0.25, 0.3) is 0 Å².